The van der Waals surface area contributed by atoms with Crippen LogP contribution in [0.25, 0.3) is 0 Å². The standard InChI is InChI=1S/C20H26F2N2.CH2O2/c1-4-14(2)17-13-23-12-10-19(17)24(3)16-7-5-15(6-8-16)18-9-11-20(18,21)22;2-1-3/h5-8,18,23H,2,4,9-13H2,1,3H3;1H,(H,2,3). The van der Waals surface area contributed by atoms with Gasteiger partial charge >= 0.3 is 0 Å². The molecule has 4 nitrogen and oxygen atoms in total. The Kier molecular flexibility index (Phi) is 7.13. The van der Waals surface area contributed by atoms with Gasteiger partial charge in [-0.05, 0) is 41.7 Å². The molecule has 1 fully saturated rings. The summed E-state index contributed by atoms with van der Waals surface area (Å²) < 4.78 is 27.2. The van der Waals surface area contributed by atoms with Gasteiger partial charge in [-0.25, -0.2) is 8.78 Å². The highest BCUT2D eigenvalue weighted by Gasteiger charge is 2.48. The smallest absolute Gasteiger partial charge is 0.290 e. The van der Waals surface area contributed by atoms with Gasteiger partial charge in [-0.2, -0.15) is 0 Å². The minimum absolute atomic E-state index is 0.0156. The molecule has 6 heteroatoms. The number of carboxylic acid groups (broad SMARTS) is 1. The van der Waals surface area contributed by atoms with E-state index in [1.54, 1.807) is 0 Å². The fourth-order valence-electron chi connectivity index (χ4n) is 3.59. The maximum atomic E-state index is 13.6. The molecule has 148 valence electrons. The normalized spacial score (nSPS) is 20.8. The van der Waals surface area contributed by atoms with E-state index in [9.17, 15) is 8.78 Å². The van der Waals surface area contributed by atoms with Crippen LogP contribution in [0.4, 0.5) is 14.5 Å². The third-order valence-corrected chi connectivity index (χ3v) is 5.41. The second-order valence-electron chi connectivity index (χ2n) is 6.92. The van der Waals surface area contributed by atoms with Crippen molar-refractivity contribution in [1.82, 2.24) is 5.32 Å². The van der Waals surface area contributed by atoms with E-state index in [4.69, 9.17) is 9.90 Å². The van der Waals surface area contributed by atoms with Gasteiger partial charge in [-0.15, -0.1) is 0 Å². The lowest BCUT2D eigenvalue weighted by Crippen LogP contribution is -2.36. The molecule has 0 aromatic heterocycles. The zero-order chi connectivity index (χ0) is 20.0. The van der Waals surface area contributed by atoms with E-state index >= 15 is 0 Å². The molecule has 0 amide bonds. The Morgan fingerprint density at radius 2 is 2.04 bits per heavy atom. The lowest BCUT2D eigenvalue weighted by atomic mass is 9.76. The molecule has 1 heterocycles. The molecule has 0 spiro atoms. The first-order valence-electron chi connectivity index (χ1n) is 9.26. The maximum Gasteiger partial charge on any atom is 0.290 e. The second-order valence-corrected chi connectivity index (χ2v) is 6.92. The predicted molar refractivity (Wildman–Crippen MR) is 104 cm³/mol. The zero-order valence-electron chi connectivity index (χ0n) is 16.0. The van der Waals surface area contributed by atoms with Crippen molar-refractivity contribution < 1.29 is 18.7 Å². The van der Waals surface area contributed by atoms with Crippen LogP contribution in [0, 0.1) is 0 Å². The molecular formula is C21H28F2N2O2. The molecule has 1 saturated carbocycles. The van der Waals surface area contributed by atoms with Crippen LogP contribution in [0.2, 0.25) is 0 Å². The van der Waals surface area contributed by atoms with E-state index in [1.807, 2.05) is 24.3 Å². The van der Waals surface area contributed by atoms with Gasteiger partial charge in [0, 0.05) is 50.3 Å². The lowest BCUT2D eigenvalue weighted by molar-refractivity contribution is -0.122. The SMILES string of the molecule is C=C(CC)C1=C(N(C)c2ccc(C3CCC3(F)F)cc2)CCNC1.O=CO. The van der Waals surface area contributed by atoms with E-state index in [0.717, 1.165) is 42.8 Å². The van der Waals surface area contributed by atoms with Crippen molar-refractivity contribution in [2.75, 3.05) is 25.0 Å². The molecule has 2 N–H and O–H groups in total. The van der Waals surface area contributed by atoms with Crippen LogP contribution in [-0.4, -0.2) is 37.6 Å². The Morgan fingerprint density at radius 3 is 2.52 bits per heavy atom. The minimum atomic E-state index is -2.53. The molecule has 1 aliphatic carbocycles. The fourth-order valence-corrected chi connectivity index (χ4v) is 3.59. The topological polar surface area (TPSA) is 52.6 Å². The van der Waals surface area contributed by atoms with Crippen LogP contribution in [-0.2, 0) is 4.79 Å². The van der Waals surface area contributed by atoms with E-state index < -0.39 is 11.8 Å². The summed E-state index contributed by atoms with van der Waals surface area (Å²) in [6, 6.07) is 7.65. The Balaban J connectivity index is 0.000000817. The van der Waals surface area contributed by atoms with Gasteiger partial charge in [0.05, 0.1) is 0 Å². The highest BCUT2D eigenvalue weighted by atomic mass is 19.3. The molecule has 0 saturated heterocycles. The number of rotatable bonds is 5. The molecule has 1 aromatic rings. The molecule has 1 aliphatic heterocycles. The van der Waals surface area contributed by atoms with Crippen LogP contribution >= 0.6 is 0 Å². The molecule has 27 heavy (non-hydrogen) atoms. The van der Waals surface area contributed by atoms with Crippen LogP contribution in [0.5, 0.6) is 0 Å². The molecule has 1 unspecified atom stereocenters. The van der Waals surface area contributed by atoms with Crippen molar-refractivity contribution in [2.45, 2.75) is 44.4 Å². The fraction of sp³-hybridized carbons (Fsp3) is 0.476. The van der Waals surface area contributed by atoms with Gasteiger partial charge in [0.15, 0.2) is 0 Å². The Labute approximate surface area is 159 Å². The lowest BCUT2D eigenvalue weighted by Gasteiger charge is -2.37. The number of halogens is 2. The quantitative estimate of drug-likeness (QED) is 0.738. The first kappa shape index (κ1) is 21.1. The molecule has 0 bridgehead atoms. The number of alkyl halides is 2. The number of hydrogen-bond acceptors (Lipinski definition) is 3. The largest absolute Gasteiger partial charge is 0.483 e. The van der Waals surface area contributed by atoms with Gasteiger partial charge < -0.3 is 15.3 Å². The first-order chi connectivity index (χ1) is 12.9. The van der Waals surface area contributed by atoms with Crippen molar-refractivity contribution >= 4 is 12.2 Å². The molecule has 3 rings (SSSR count). The van der Waals surface area contributed by atoms with E-state index in [2.05, 4.69) is 30.8 Å². The molecule has 0 radical (unpaired) electrons. The molecular weight excluding hydrogens is 350 g/mol. The summed E-state index contributed by atoms with van der Waals surface area (Å²) in [5.74, 6) is -3.14. The summed E-state index contributed by atoms with van der Waals surface area (Å²) in [5, 5.41) is 10.3. The van der Waals surface area contributed by atoms with Crippen molar-refractivity contribution in [1.29, 1.82) is 0 Å². The number of nitrogens with zero attached hydrogens (tertiary/aromatic N) is 1. The summed E-state index contributed by atoms with van der Waals surface area (Å²) in [4.78, 5) is 10.5. The van der Waals surface area contributed by atoms with Crippen LogP contribution in [0.1, 0.15) is 44.1 Å². The maximum absolute atomic E-state index is 13.6. The van der Waals surface area contributed by atoms with Gasteiger partial charge in [0.2, 0.25) is 0 Å². The van der Waals surface area contributed by atoms with Crippen molar-refractivity contribution in [3.8, 4) is 0 Å². The van der Waals surface area contributed by atoms with Crippen molar-refractivity contribution in [3.63, 3.8) is 0 Å². The van der Waals surface area contributed by atoms with Crippen LogP contribution in [0.15, 0.2) is 47.7 Å². The summed E-state index contributed by atoms with van der Waals surface area (Å²) in [6.07, 6.45) is 2.48. The van der Waals surface area contributed by atoms with Gasteiger partial charge in [-0.1, -0.05) is 25.6 Å². The number of hydrogen-bond donors (Lipinski definition) is 2. The van der Waals surface area contributed by atoms with Crippen LogP contribution in [0.3, 0.4) is 0 Å². The minimum Gasteiger partial charge on any atom is -0.483 e. The summed E-state index contributed by atoms with van der Waals surface area (Å²) >= 11 is 0. The van der Waals surface area contributed by atoms with Crippen molar-refractivity contribution in [3.05, 3.63) is 53.3 Å². The van der Waals surface area contributed by atoms with Crippen molar-refractivity contribution in [2.24, 2.45) is 0 Å². The number of nitrogens with one attached hydrogen (secondary N) is 1. The third kappa shape index (κ3) is 4.75. The summed E-state index contributed by atoms with van der Waals surface area (Å²) in [6.45, 7) is 7.85. The van der Waals surface area contributed by atoms with E-state index in [1.165, 1.54) is 11.3 Å². The second kappa shape index (κ2) is 9.13. The predicted octanol–water partition coefficient (Wildman–Crippen LogP) is 4.55. The van der Waals surface area contributed by atoms with E-state index in [-0.39, 0.29) is 12.9 Å². The highest BCUT2D eigenvalue weighted by Crippen LogP contribution is 2.50. The summed E-state index contributed by atoms with van der Waals surface area (Å²) in [5.41, 5.74) is 5.51. The van der Waals surface area contributed by atoms with Gasteiger partial charge in [-0.3, -0.25) is 4.79 Å². The average molecular weight is 378 g/mol. The Hall–Kier alpha value is -2.21. The molecule has 2 aliphatic rings. The zero-order valence-corrected chi connectivity index (χ0v) is 16.0. The number of benzene rings is 1. The number of carbonyl (C=O) groups is 1. The van der Waals surface area contributed by atoms with Gasteiger partial charge in [0.1, 0.15) is 0 Å². The van der Waals surface area contributed by atoms with E-state index in [0.29, 0.717) is 6.42 Å². The molecule has 1 atom stereocenters. The van der Waals surface area contributed by atoms with Gasteiger partial charge in [0.25, 0.3) is 12.4 Å². The molecule has 1 aromatic carbocycles. The number of anilines is 1. The monoisotopic (exact) mass is 378 g/mol. The van der Waals surface area contributed by atoms with Crippen LogP contribution < -0.4 is 10.2 Å². The Morgan fingerprint density at radius 1 is 1.41 bits per heavy atom. The Bertz CT molecular complexity index is 699. The average Bonchev–Trinajstić information content (AvgIpc) is 2.67. The first-order valence-corrected chi connectivity index (χ1v) is 9.26. The highest BCUT2D eigenvalue weighted by molar-refractivity contribution is 5.56. The third-order valence-electron chi connectivity index (χ3n) is 5.41. The summed E-state index contributed by atoms with van der Waals surface area (Å²) in [7, 11) is 2.05.